The van der Waals surface area contributed by atoms with Crippen molar-refractivity contribution in [3.8, 4) is 0 Å². The van der Waals surface area contributed by atoms with E-state index < -0.39 is 16.6 Å². The van der Waals surface area contributed by atoms with Gasteiger partial charge in [0.25, 0.3) is 5.69 Å². The minimum atomic E-state index is -0.552. The van der Waals surface area contributed by atoms with Crippen molar-refractivity contribution in [3.63, 3.8) is 0 Å². The third-order valence-corrected chi connectivity index (χ3v) is 3.51. The molecular weight excluding hydrogens is 300 g/mol. The Morgan fingerprint density at radius 2 is 2.17 bits per heavy atom. The summed E-state index contributed by atoms with van der Waals surface area (Å²) in [5.74, 6) is 0. The van der Waals surface area contributed by atoms with E-state index in [2.05, 4.69) is 21.2 Å². The Hall–Kier alpha value is -0.980. The van der Waals surface area contributed by atoms with Crippen LogP contribution >= 0.6 is 15.9 Å². The topological polar surface area (TPSA) is 75.4 Å². The molecule has 0 aromatic heterocycles. The van der Waals surface area contributed by atoms with Gasteiger partial charge in [0.15, 0.2) is 0 Å². The van der Waals surface area contributed by atoms with Gasteiger partial charge in [0.2, 0.25) is 0 Å². The first-order valence-electron chi connectivity index (χ1n) is 5.60. The van der Waals surface area contributed by atoms with Crippen LogP contribution in [-0.2, 0) is 6.54 Å². The standard InChI is InChI=1S/C12H17BrN2O3/c1-8(16)12(2,3)14-7-9-6-10(13)4-5-11(9)15(17)18/h4-6,8,14,16H,7H2,1-3H3. The van der Waals surface area contributed by atoms with Crippen molar-refractivity contribution in [2.75, 3.05) is 0 Å². The maximum atomic E-state index is 10.9. The number of hydrogen-bond donors (Lipinski definition) is 2. The van der Waals surface area contributed by atoms with Gasteiger partial charge in [-0.1, -0.05) is 15.9 Å². The van der Waals surface area contributed by atoms with E-state index in [0.29, 0.717) is 12.1 Å². The van der Waals surface area contributed by atoms with Crippen LogP contribution < -0.4 is 5.32 Å². The molecule has 1 aromatic rings. The molecule has 1 aromatic carbocycles. The molecule has 100 valence electrons. The Morgan fingerprint density at radius 3 is 2.67 bits per heavy atom. The molecule has 2 N–H and O–H groups in total. The van der Waals surface area contributed by atoms with Crippen molar-refractivity contribution in [1.29, 1.82) is 0 Å². The number of nitro benzene ring substituents is 1. The third-order valence-electron chi connectivity index (χ3n) is 3.02. The van der Waals surface area contributed by atoms with E-state index in [4.69, 9.17) is 0 Å². The molecule has 1 unspecified atom stereocenters. The van der Waals surface area contributed by atoms with Gasteiger partial charge in [-0.05, 0) is 32.9 Å². The fraction of sp³-hybridized carbons (Fsp3) is 0.500. The number of rotatable bonds is 5. The Bertz CT molecular complexity index is 447. The molecule has 0 aliphatic heterocycles. The first-order chi connectivity index (χ1) is 8.24. The largest absolute Gasteiger partial charge is 0.392 e. The number of aliphatic hydroxyl groups is 1. The zero-order valence-electron chi connectivity index (χ0n) is 10.6. The van der Waals surface area contributed by atoms with Gasteiger partial charge in [-0.3, -0.25) is 10.1 Å². The summed E-state index contributed by atoms with van der Waals surface area (Å²) < 4.78 is 0.791. The molecule has 0 spiro atoms. The van der Waals surface area contributed by atoms with Crippen molar-refractivity contribution in [2.45, 2.75) is 39.0 Å². The first-order valence-corrected chi connectivity index (χ1v) is 6.39. The average molecular weight is 317 g/mol. The van der Waals surface area contributed by atoms with E-state index in [-0.39, 0.29) is 5.69 Å². The minimum absolute atomic E-state index is 0.0760. The number of halogens is 1. The fourth-order valence-corrected chi connectivity index (χ4v) is 1.75. The second-order valence-electron chi connectivity index (χ2n) is 4.78. The summed E-state index contributed by atoms with van der Waals surface area (Å²) in [6.45, 7) is 5.71. The molecule has 0 saturated carbocycles. The van der Waals surface area contributed by atoms with Crippen molar-refractivity contribution >= 4 is 21.6 Å². The lowest BCUT2D eigenvalue weighted by Gasteiger charge is -2.29. The van der Waals surface area contributed by atoms with E-state index >= 15 is 0 Å². The van der Waals surface area contributed by atoms with Crippen LogP contribution in [0, 0.1) is 10.1 Å². The molecule has 1 atom stereocenters. The number of nitro groups is 1. The van der Waals surface area contributed by atoms with Crippen LogP contribution in [0.2, 0.25) is 0 Å². The van der Waals surface area contributed by atoms with Gasteiger partial charge < -0.3 is 10.4 Å². The smallest absolute Gasteiger partial charge is 0.273 e. The summed E-state index contributed by atoms with van der Waals surface area (Å²) in [7, 11) is 0. The number of aliphatic hydroxyl groups excluding tert-OH is 1. The van der Waals surface area contributed by atoms with E-state index in [1.165, 1.54) is 6.07 Å². The molecule has 1 rings (SSSR count). The molecule has 0 aliphatic rings. The highest BCUT2D eigenvalue weighted by atomic mass is 79.9. The predicted octanol–water partition coefficient (Wildman–Crippen LogP) is 2.61. The lowest BCUT2D eigenvalue weighted by molar-refractivity contribution is -0.385. The summed E-state index contributed by atoms with van der Waals surface area (Å²) in [5.41, 5.74) is 0.158. The maximum absolute atomic E-state index is 10.9. The number of nitrogens with one attached hydrogen (secondary N) is 1. The zero-order valence-corrected chi connectivity index (χ0v) is 12.2. The van der Waals surface area contributed by atoms with E-state index in [1.807, 2.05) is 13.8 Å². The van der Waals surface area contributed by atoms with E-state index in [9.17, 15) is 15.2 Å². The van der Waals surface area contributed by atoms with Crippen LogP contribution in [0.25, 0.3) is 0 Å². The van der Waals surface area contributed by atoms with Gasteiger partial charge in [-0.15, -0.1) is 0 Å². The lowest BCUT2D eigenvalue weighted by Crippen LogP contribution is -2.47. The Morgan fingerprint density at radius 1 is 1.56 bits per heavy atom. The monoisotopic (exact) mass is 316 g/mol. The highest BCUT2D eigenvalue weighted by Gasteiger charge is 2.24. The van der Waals surface area contributed by atoms with Gasteiger partial charge in [0.1, 0.15) is 0 Å². The molecule has 0 aliphatic carbocycles. The van der Waals surface area contributed by atoms with Gasteiger partial charge in [-0.25, -0.2) is 0 Å². The number of benzene rings is 1. The summed E-state index contributed by atoms with van der Waals surface area (Å²) in [6, 6.07) is 4.82. The lowest BCUT2D eigenvalue weighted by atomic mass is 9.98. The molecule has 0 radical (unpaired) electrons. The molecule has 0 bridgehead atoms. The molecule has 0 amide bonds. The van der Waals surface area contributed by atoms with Crippen LogP contribution in [0.15, 0.2) is 22.7 Å². The summed E-state index contributed by atoms with van der Waals surface area (Å²) in [5, 5.41) is 23.6. The molecule has 0 saturated heterocycles. The van der Waals surface area contributed by atoms with Gasteiger partial charge >= 0.3 is 0 Å². The van der Waals surface area contributed by atoms with Crippen LogP contribution in [0.5, 0.6) is 0 Å². The van der Waals surface area contributed by atoms with Crippen molar-refractivity contribution in [1.82, 2.24) is 5.32 Å². The average Bonchev–Trinajstić information content (AvgIpc) is 2.26. The van der Waals surface area contributed by atoms with Gasteiger partial charge in [0, 0.05) is 28.2 Å². The summed E-state index contributed by atoms with van der Waals surface area (Å²) in [4.78, 5) is 10.5. The third kappa shape index (κ3) is 3.76. The Balaban J connectivity index is 2.90. The summed E-state index contributed by atoms with van der Waals surface area (Å²) >= 11 is 3.30. The molecular formula is C12H17BrN2O3. The first kappa shape index (κ1) is 15.1. The molecule has 5 nitrogen and oxygen atoms in total. The van der Waals surface area contributed by atoms with E-state index in [0.717, 1.165) is 4.47 Å². The maximum Gasteiger partial charge on any atom is 0.273 e. The second-order valence-corrected chi connectivity index (χ2v) is 5.70. The SMILES string of the molecule is CC(O)C(C)(C)NCc1cc(Br)ccc1[N+](=O)[O-]. The Labute approximate surface area is 114 Å². The predicted molar refractivity (Wildman–Crippen MR) is 73.4 cm³/mol. The number of hydrogen-bond acceptors (Lipinski definition) is 4. The van der Waals surface area contributed by atoms with Gasteiger partial charge in [0.05, 0.1) is 11.0 Å². The zero-order chi connectivity index (χ0) is 13.9. The molecule has 0 fully saturated rings. The second kappa shape index (κ2) is 5.77. The molecule has 0 heterocycles. The Kier molecular flexibility index (Phi) is 4.84. The normalized spacial score (nSPS) is 13.4. The minimum Gasteiger partial charge on any atom is -0.392 e. The highest BCUT2D eigenvalue weighted by Crippen LogP contribution is 2.23. The van der Waals surface area contributed by atoms with Crippen molar-refractivity contribution in [2.24, 2.45) is 0 Å². The van der Waals surface area contributed by atoms with Crippen molar-refractivity contribution in [3.05, 3.63) is 38.3 Å². The molecule has 6 heteroatoms. The van der Waals surface area contributed by atoms with Crippen LogP contribution in [0.1, 0.15) is 26.3 Å². The number of nitrogens with zero attached hydrogens (tertiary/aromatic N) is 1. The van der Waals surface area contributed by atoms with Crippen LogP contribution in [0.3, 0.4) is 0 Å². The quantitative estimate of drug-likeness (QED) is 0.646. The van der Waals surface area contributed by atoms with Crippen molar-refractivity contribution < 1.29 is 10.0 Å². The molecule has 18 heavy (non-hydrogen) atoms. The fourth-order valence-electron chi connectivity index (χ4n) is 1.34. The van der Waals surface area contributed by atoms with Gasteiger partial charge in [-0.2, -0.15) is 0 Å². The van der Waals surface area contributed by atoms with Crippen LogP contribution in [0.4, 0.5) is 5.69 Å². The van der Waals surface area contributed by atoms with Crippen LogP contribution in [-0.4, -0.2) is 21.7 Å². The summed E-state index contributed by atoms with van der Waals surface area (Å²) in [6.07, 6.45) is -0.552. The highest BCUT2D eigenvalue weighted by molar-refractivity contribution is 9.10. The van der Waals surface area contributed by atoms with E-state index in [1.54, 1.807) is 19.1 Å².